The van der Waals surface area contributed by atoms with Crippen molar-refractivity contribution < 1.29 is 4.79 Å². The molecule has 2 unspecified atom stereocenters. The number of benzene rings is 1. The van der Waals surface area contributed by atoms with Gasteiger partial charge in [-0.25, -0.2) is 0 Å². The lowest BCUT2D eigenvalue weighted by Gasteiger charge is -2.23. The molecule has 0 saturated carbocycles. The second-order valence-corrected chi connectivity index (χ2v) is 7.08. The van der Waals surface area contributed by atoms with Gasteiger partial charge in [-0.3, -0.25) is 4.79 Å². The van der Waals surface area contributed by atoms with Crippen LogP contribution in [0.5, 0.6) is 0 Å². The van der Waals surface area contributed by atoms with E-state index in [-0.39, 0.29) is 16.7 Å². The van der Waals surface area contributed by atoms with Crippen molar-refractivity contribution in [2.24, 2.45) is 5.73 Å². The maximum Gasteiger partial charge on any atom is 0.221 e. The van der Waals surface area contributed by atoms with E-state index < -0.39 is 0 Å². The number of amides is 1. The van der Waals surface area contributed by atoms with Gasteiger partial charge in [-0.15, -0.1) is 0 Å². The highest BCUT2D eigenvalue weighted by Gasteiger charge is 2.29. The number of rotatable bonds is 5. The molecule has 1 heterocycles. The molecule has 1 aromatic rings. The maximum atomic E-state index is 11.9. The molecule has 1 aliphatic rings. The fraction of sp³-hybridized carbons (Fsp3) is 0.533. The van der Waals surface area contributed by atoms with E-state index >= 15 is 0 Å². The van der Waals surface area contributed by atoms with Crippen molar-refractivity contribution in [3.05, 3.63) is 35.9 Å². The van der Waals surface area contributed by atoms with E-state index in [1.165, 1.54) is 18.6 Å². The lowest BCUT2D eigenvalue weighted by molar-refractivity contribution is -0.121. The van der Waals surface area contributed by atoms with Gasteiger partial charge in [-0.05, 0) is 31.1 Å². The largest absolute Gasteiger partial charge is 0.355 e. The second kappa shape index (κ2) is 6.44. The predicted molar refractivity (Wildman–Crippen MR) is 81.1 cm³/mol. The normalized spacial score (nSPS) is 24.1. The molecule has 104 valence electrons. The Bertz CT molecular complexity index is 415. The molecule has 1 aliphatic heterocycles. The zero-order chi connectivity index (χ0) is 13.7. The summed E-state index contributed by atoms with van der Waals surface area (Å²) < 4.78 is 0.215. The number of carbonyl (C=O) groups excluding carboxylic acids is 1. The van der Waals surface area contributed by atoms with Gasteiger partial charge in [0.2, 0.25) is 5.91 Å². The van der Waals surface area contributed by atoms with Gasteiger partial charge < -0.3 is 11.1 Å². The first-order chi connectivity index (χ1) is 9.09. The number of thioether (sulfide) groups is 1. The zero-order valence-corrected chi connectivity index (χ0v) is 12.2. The van der Waals surface area contributed by atoms with Gasteiger partial charge in [0.05, 0.1) is 0 Å². The van der Waals surface area contributed by atoms with Crippen LogP contribution in [0.4, 0.5) is 0 Å². The molecule has 0 aliphatic carbocycles. The smallest absolute Gasteiger partial charge is 0.221 e. The summed E-state index contributed by atoms with van der Waals surface area (Å²) in [5, 5.41) is 3.03. The van der Waals surface area contributed by atoms with E-state index in [0.717, 1.165) is 12.1 Å². The lowest BCUT2D eigenvalue weighted by atomic mass is 10.0. The minimum Gasteiger partial charge on any atom is -0.355 e. The summed E-state index contributed by atoms with van der Waals surface area (Å²) >= 11 is 1.96. The minimum atomic E-state index is -0.217. The summed E-state index contributed by atoms with van der Waals surface area (Å²) in [7, 11) is 0. The highest BCUT2D eigenvalue weighted by Crippen LogP contribution is 2.36. The van der Waals surface area contributed by atoms with Crippen molar-refractivity contribution in [1.29, 1.82) is 0 Å². The van der Waals surface area contributed by atoms with Crippen molar-refractivity contribution in [3.63, 3.8) is 0 Å². The first-order valence-corrected chi connectivity index (χ1v) is 7.79. The Morgan fingerprint density at radius 2 is 2.21 bits per heavy atom. The third-order valence-electron chi connectivity index (χ3n) is 3.59. The molecule has 1 saturated heterocycles. The number of nitrogens with two attached hydrogens (primary N) is 1. The molecule has 1 fully saturated rings. The average molecular weight is 278 g/mol. The second-order valence-electron chi connectivity index (χ2n) is 5.40. The topological polar surface area (TPSA) is 55.1 Å². The lowest BCUT2D eigenvalue weighted by Crippen LogP contribution is -2.37. The monoisotopic (exact) mass is 278 g/mol. The highest BCUT2D eigenvalue weighted by atomic mass is 32.2. The zero-order valence-electron chi connectivity index (χ0n) is 11.4. The van der Waals surface area contributed by atoms with Crippen LogP contribution in [-0.4, -0.2) is 23.0 Å². The van der Waals surface area contributed by atoms with Crippen molar-refractivity contribution in [2.45, 2.75) is 37.0 Å². The SMILES string of the molecule is CC1(CNC(=O)CC(N)c2ccccc2)CCCS1. The van der Waals surface area contributed by atoms with Gasteiger partial charge >= 0.3 is 0 Å². The average Bonchev–Trinajstić information content (AvgIpc) is 2.85. The van der Waals surface area contributed by atoms with Crippen LogP contribution >= 0.6 is 11.8 Å². The quantitative estimate of drug-likeness (QED) is 0.870. The van der Waals surface area contributed by atoms with Crippen LogP contribution in [0.1, 0.15) is 37.8 Å². The van der Waals surface area contributed by atoms with Gasteiger partial charge in [0.25, 0.3) is 0 Å². The van der Waals surface area contributed by atoms with Crippen LogP contribution in [0, 0.1) is 0 Å². The van der Waals surface area contributed by atoms with Gasteiger partial charge in [0.1, 0.15) is 0 Å². The van der Waals surface area contributed by atoms with E-state index in [2.05, 4.69) is 12.2 Å². The van der Waals surface area contributed by atoms with Gasteiger partial charge in [0, 0.05) is 23.8 Å². The summed E-state index contributed by atoms with van der Waals surface area (Å²) in [6, 6.07) is 9.56. The number of hydrogen-bond donors (Lipinski definition) is 2. The summed E-state index contributed by atoms with van der Waals surface area (Å²) in [6.07, 6.45) is 2.79. The van der Waals surface area contributed by atoms with Gasteiger partial charge in [-0.2, -0.15) is 11.8 Å². The van der Waals surface area contributed by atoms with Crippen LogP contribution in [0.2, 0.25) is 0 Å². The summed E-state index contributed by atoms with van der Waals surface area (Å²) in [5.41, 5.74) is 7.06. The van der Waals surface area contributed by atoms with Crippen LogP contribution in [-0.2, 0) is 4.79 Å². The Hall–Kier alpha value is -1.00. The molecule has 4 heteroatoms. The minimum absolute atomic E-state index is 0.0464. The predicted octanol–water partition coefficient (Wildman–Crippen LogP) is 2.48. The Kier molecular flexibility index (Phi) is 4.88. The van der Waals surface area contributed by atoms with Crippen molar-refractivity contribution in [3.8, 4) is 0 Å². The van der Waals surface area contributed by atoms with Gasteiger partial charge in [-0.1, -0.05) is 30.3 Å². The van der Waals surface area contributed by atoms with E-state index in [4.69, 9.17) is 5.73 Å². The highest BCUT2D eigenvalue weighted by molar-refractivity contribution is 8.00. The molecule has 0 radical (unpaired) electrons. The molecule has 1 amide bonds. The summed E-state index contributed by atoms with van der Waals surface area (Å²) in [4.78, 5) is 11.9. The Morgan fingerprint density at radius 1 is 1.47 bits per heavy atom. The first kappa shape index (κ1) is 14.4. The number of hydrogen-bond acceptors (Lipinski definition) is 3. The molecule has 3 N–H and O–H groups in total. The van der Waals surface area contributed by atoms with Crippen LogP contribution < -0.4 is 11.1 Å². The maximum absolute atomic E-state index is 11.9. The summed E-state index contributed by atoms with van der Waals surface area (Å²) in [6.45, 7) is 2.97. The van der Waals surface area contributed by atoms with Crippen LogP contribution in [0.15, 0.2) is 30.3 Å². The Morgan fingerprint density at radius 3 is 2.84 bits per heavy atom. The molecular weight excluding hydrogens is 256 g/mol. The van der Waals surface area contributed by atoms with E-state index in [9.17, 15) is 4.79 Å². The molecule has 0 bridgehead atoms. The third kappa shape index (κ3) is 4.25. The molecule has 19 heavy (non-hydrogen) atoms. The van der Waals surface area contributed by atoms with Crippen LogP contribution in [0.25, 0.3) is 0 Å². The van der Waals surface area contributed by atoms with Gasteiger partial charge in [0.15, 0.2) is 0 Å². The molecule has 2 rings (SSSR count). The third-order valence-corrected chi connectivity index (χ3v) is 5.13. The first-order valence-electron chi connectivity index (χ1n) is 6.80. The van der Waals surface area contributed by atoms with Crippen molar-refractivity contribution >= 4 is 17.7 Å². The van der Waals surface area contributed by atoms with E-state index in [1.54, 1.807) is 0 Å². The van der Waals surface area contributed by atoms with Crippen molar-refractivity contribution in [1.82, 2.24) is 5.32 Å². The fourth-order valence-electron chi connectivity index (χ4n) is 2.35. The van der Waals surface area contributed by atoms with E-state index in [0.29, 0.717) is 6.42 Å². The number of carbonyl (C=O) groups is 1. The fourth-order valence-corrected chi connectivity index (χ4v) is 3.60. The molecule has 2 atom stereocenters. The Labute approximate surface area is 119 Å². The molecule has 3 nitrogen and oxygen atoms in total. The number of nitrogens with one attached hydrogen (secondary N) is 1. The summed E-state index contributed by atoms with van der Waals surface area (Å²) in [5.74, 6) is 1.25. The Balaban J connectivity index is 1.78. The standard InChI is InChI=1S/C15H22N2OS/c1-15(8-5-9-19-15)11-17-14(18)10-13(16)12-6-3-2-4-7-12/h2-4,6-7,13H,5,8-11,16H2,1H3,(H,17,18). The molecule has 0 aromatic heterocycles. The molecule has 1 aromatic carbocycles. The van der Waals surface area contributed by atoms with Crippen molar-refractivity contribution in [2.75, 3.05) is 12.3 Å². The molecule has 0 spiro atoms. The molecular formula is C15H22N2OS. The van der Waals surface area contributed by atoms with Crippen LogP contribution in [0.3, 0.4) is 0 Å². The van der Waals surface area contributed by atoms with E-state index in [1.807, 2.05) is 42.1 Å².